The molecule has 2 aromatic rings. The number of rotatable bonds is 4. The van der Waals surface area contributed by atoms with Crippen molar-refractivity contribution in [2.75, 3.05) is 0 Å². The summed E-state index contributed by atoms with van der Waals surface area (Å²) in [5, 5.41) is 13.9. The van der Waals surface area contributed by atoms with E-state index in [4.69, 9.17) is 0 Å². The van der Waals surface area contributed by atoms with E-state index >= 15 is 0 Å². The van der Waals surface area contributed by atoms with Crippen molar-refractivity contribution >= 4 is 23.2 Å². The van der Waals surface area contributed by atoms with Gasteiger partial charge in [0.05, 0.1) is 4.88 Å². The van der Waals surface area contributed by atoms with E-state index in [0.29, 0.717) is 17.7 Å². The van der Waals surface area contributed by atoms with Crippen molar-refractivity contribution in [3.63, 3.8) is 0 Å². The summed E-state index contributed by atoms with van der Waals surface area (Å²) in [5.41, 5.74) is 0.731. The van der Waals surface area contributed by atoms with Crippen LogP contribution in [0.15, 0.2) is 41.8 Å². The van der Waals surface area contributed by atoms with Crippen molar-refractivity contribution < 1.29 is 14.7 Å². The normalized spacial score (nSPS) is 16.0. The van der Waals surface area contributed by atoms with Gasteiger partial charge in [-0.2, -0.15) is 0 Å². The molecule has 1 aromatic carbocycles. The summed E-state index contributed by atoms with van der Waals surface area (Å²) in [6.07, 6.45) is 1.84. The highest BCUT2D eigenvalue weighted by atomic mass is 32.1. The van der Waals surface area contributed by atoms with Gasteiger partial charge in [0.15, 0.2) is 0 Å². The molecular formula is C16H15NO3S. The van der Waals surface area contributed by atoms with Gasteiger partial charge >= 0.3 is 5.97 Å². The average molecular weight is 301 g/mol. The third-order valence-electron chi connectivity index (χ3n) is 3.93. The van der Waals surface area contributed by atoms with E-state index in [0.717, 1.165) is 17.5 Å². The van der Waals surface area contributed by atoms with Gasteiger partial charge in [0.2, 0.25) is 0 Å². The van der Waals surface area contributed by atoms with Crippen molar-refractivity contribution in [3.05, 3.63) is 46.7 Å². The maximum absolute atomic E-state index is 12.4. The van der Waals surface area contributed by atoms with Crippen LogP contribution < -0.4 is 5.32 Å². The summed E-state index contributed by atoms with van der Waals surface area (Å²) in [6, 6.07) is 11.5. The van der Waals surface area contributed by atoms with Crippen LogP contribution in [0.3, 0.4) is 0 Å². The number of hydrogen-bond acceptors (Lipinski definition) is 3. The van der Waals surface area contributed by atoms with Crippen molar-refractivity contribution in [3.8, 4) is 11.1 Å². The quantitative estimate of drug-likeness (QED) is 0.911. The van der Waals surface area contributed by atoms with E-state index in [9.17, 15) is 14.7 Å². The topological polar surface area (TPSA) is 66.4 Å². The molecule has 21 heavy (non-hydrogen) atoms. The van der Waals surface area contributed by atoms with Crippen LogP contribution in [0.4, 0.5) is 0 Å². The second kappa shape index (κ2) is 5.33. The lowest BCUT2D eigenvalue weighted by Gasteiger charge is -2.38. The molecule has 108 valence electrons. The number of carboxylic acid groups (broad SMARTS) is 1. The number of carboxylic acids is 1. The Bertz CT molecular complexity index is 674. The smallest absolute Gasteiger partial charge is 0.329 e. The zero-order valence-electron chi connectivity index (χ0n) is 11.3. The molecule has 0 bridgehead atoms. The molecule has 4 nitrogen and oxygen atoms in total. The SMILES string of the molecule is O=C(NC1(C(=O)O)CCC1)c1sccc1-c1ccccc1. The first-order chi connectivity index (χ1) is 10.1. The Morgan fingerprint density at radius 2 is 1.86 bits per heavy atom. The van der Waals surface area contributed by atoms with Crippen LogP contribution in [0.1, 0.15) is 28.9 Å². The highest BCUT2D eigenvalue weighted by Gasteiger charge is 2.46. The lowest BCUT2D eigenvalue weighted by Crippen LogP contribution is -2.59. The average Bonchev–Trinajstić information content (AvgIpc) is 2.92. The third kappa shape index (κ3) is 2.45. The minimum Gasteiger partial charge on any atom is -0.480 e. The first-order valence-corrected chi connectivity index (χ1v) is 7.69. The Morgan fingerprint density at radius 1 is 1.14 bits per heavy atom. The lowest BCUT2D eigenvalue weighted by atomic mass is 9.76. The molecule has 5 heteroatoms. The first-order valence-electron chi connectivity index (χ1n) is 6.81. The van der Waals surface area contributed by atoms with Crippen LogP contribution in [0.2, 0.25) is 0 Å². The number of benzene rings is 1. The molecule has 1 fully saturated rings. The largest absolute Gasteiger partial charge is 0.480 e. The van der Waals surface area contributed by atoms with E-state index in [2.05, 4.69) is 5.32 Å². The van der Waals surface area contributed by atoms with Crippen LogP contribution in [0, 0.1) is 0 Å². The van der Waals surface area contributed by atoms with Crippen LogP contribution in [-0.2, 0) is 4.79 Å². The first kappa shape index (κ1) is 13.8. The molecule has 1 amide bonds. The van der Waals surface area contributed by atoms with Gasteiger partial charge in [0, 0.05) is 5.56 Å². The third-order valence-corrected chi connectivity index (χ3v) is 4.84. The van der Waals surface area contributed by atoms with Crippen molar-refractivity contribution in [2.45, 2.75) is 24.8 Å². The van der Waals surface area contributed by atoms with Crippen LogP contribution in [-0.4, -0.2) is 22.5 Å². The molecule has 0 unspecified atom stereocenters. The standard InChI is InChI=1S/C16H15NO3S/c18-14(17-16(15(19)20)8-4-9-16)13-12(7-10-21-13)11-5-2-1-3-6-11/h1-3,5-7,10H,4,8-9H2,(H,17,18)(H,19,20). The van der Waals surface area contributed by atoms with Gasteiger partial charge in [0.1, 0.15) is 5.54 Å². The maximum Gasteiger partial charge on any atom is 0.329 e. The molecule has 0 spiro atoms. The van der Waals surface area contributed by atoms with E-state index in [1.54, 1.807) is 0 Å². The Hall–Kier alpha value is -2.14. The minimum atomic E-state index is -1.07. The highest BCUT2D eigenvalue weighted by Crippen LogP contribution is 2.34. The predicted molar refractivity (Wildman–Crippen MR) is 81.4 cm³/mol. The van der Waals surface area contributed by atoms with Crippen LogP contribution in [0.25, 0.3) is 11.1 Å². The zero-order valence-corrected chi connectivity index (χ0v) is 12.2. The van der Waals surface area contributed by atoms with E-state index in [-0.39, 0.29) is 5.91 Å². The van der Waals surface area contributed by atoms with Crippen LogP contribution in [0.5, 0.6) is 0 Å². The summed E-state index contributed by atoms with van der Waals surface area (Å²) < 4.78 is 0. The van der Waals surface area contributed by atoms with E-state index in [1.165, 1.54) is 11.3 Å². The van der Waals surface area contributed by atoms with Gasteiger partial charge in [-0.3, -0.25) is 4.79 Å². The molecule has 1 saturated carbocycles. The number of nitrogens with one attached hydrogen (secondary N) is 1. The molecule has 1 aromatic heterocycles. The minimum absolute atomic E-state index is 0.300. The fourth-order valence-electron chi connectivity index (χ4n) is 2.53. The molecule has 0 aliphatic heterocycles. The lowest BCUT2D eigenvalue weighted by molar-refractivity contribution is -0.148. The fourth-order valence-corrected chi connectivity index (χ4v) is 3.34. The van der Waals surface area contributed by atoms with Gasteiger partial charge in [0.25, 0.3) is 5.91 Å². The zero-order chi connectivity index (χ0) is 14.9. The second-order valence-electron chi connectivity index (χ2n) is 5.22. The molecule has 0 saturated heterocycles. The summed E-state index contributed by atoms with van der Waals surface area (Å²) >= 11 is 1.33. The van der Waals surface area contributed by atoms with E-state index < -0.39 is 11.5 Å². The monoisotopic (exact) mass is 301 g/mol. The number of carbonyl (C=O) groups is 2. The van der Waals surface area contributed by atoms with Gasteiger partial charge in [-0.1, -0.05) is 30.3 Å². The van der Waals surface area contributed by atoms with Gasteiger partial charge in [-0.15, -0.1) is 11.3 Å². The van der Waals surface area contributed by atoms with Gasteiger partial charge in [-0.05, 0) is 36.3 Å². The summed E-state index contributed by atoms with van der Waals surface area (Å²) in [7, 11) is 0. The maximum atomic E-state index is 12.4. The molecule has 1 aliphatic carbocycles. The Kier molecular flexibility index (Phi) is 3.51. The Labute approximate surface area is 126 Å². The molecule has 1 aliphatic rings. The summed E-state index contributed by atoms with van der Waals surface area (Å²) in [4.78, 5) is 24.4. The second-order valence-corrected chi connectivity index (χ2v) is 6.14. The van der Waals surface area contributed by atoms with Gasteiger partial charge in [-0.25, -0.2) is 4.79 Å². The van der Waals surface area contributed by atoms with E-state index in [1.807, 2.05) is 41.8 Å². The fraction of sp³-hybridized carbons (Fsp3) is 0.250. The Balaban J connectivity index is 1.87. The van der Waals surface area contributed by atoms with Gasteiger partial charge < -0.3 is 10.4 Å². The molecule has 0 atom stereocenters. The number of amides is 1. The number of carbonyl (C=O) groups excluding carboxylic acids is 1. The molecule has 3 rings (SSSR count). The van der Waals surface area contributed by atoms with Crippen molar-refractivity contribution in [1.29, 1.82) is 0 Å². The molecular weight excluding hydrogens is 286 g/mol. The number of hydrogen-bond donors (Lipinski definition) is 2. The molecule has 1 heterocycles. The summed E-state index contributed by atoms with van der Waals surface area (Å²) in [6.45, 7) is 0. The highest BCUT2D eigenvalue weighted by molar-refractivity contribution is 7.12. The number of aliphatic carboxylic acids is 1. The van der Waals surface area contributed by atoms with Crippen LogP contribution >= 0.6 is 11.3 Å². The predicted octanol–water partition coefficient (Wildman–Crippen LogP) is 3.15. The van der Waals surface area contributed by atoms with Crippen molar-refractivity contribution in [2.24, 2.45) is 0 Å². The molecule has 2 N–H and O–H groups in total. The molecule has 0 radical (unpaired) electrons. The summed E-state index contributed by atoms with van der Waals surface area (Å²) in [5.74, 6) is -1.24. The van der Waals surface area contributed by atoms with Crippen molar-refractivity contribution in [1.82, 2.24) is 5.32 Å². The number of thiophene rings is 1. The Morgan fingerprint density at radius 3 is 2.43 bits per heavy atom.